The Hall–Kier alpha value is -0.510. The van der Waals surface area contributed by atoms with Crippen LogP contribution in [-0.4, -0.2) is 18.5 Å². The van der Waals surface area contributed by atoms with Gasteiger partial charge in [0, 0.05) is 29.9 Å². The first-order valence-electron chi connectivity index (χ1n) is 5.83. The standard InChI is InChI=1S/C13H19NOS/c1-10-8-13(3-2-11(10)9-14)16-12-4-6-15-7-5-12/h2-3,8,12H,4-7,9,14H2,1H3. The monoisotopic (exact) mass is 237 g/mol. The van der Waals surface area contributed by atoms with Crippen LogP contribution >= 0.6 is 11.8 Å². The van der Waals surface area contributed by atoms with Gasteiger partial charge in [0.1, 0.15) is 0 Å². The van der Waals surface area contributed by atoms with Crippen LogP contribution in [0, 0.1) is 6.92 Å². The Morgan fingerprint density at radius 3 is 2.75 bits per heavy atom. The predicted octanol–water partition coefficient (Wildman–Crippen LogP) is 2.72. The third-order valence-electron chi connectivity index (χ3n) is 3.01. The van der Waals surface area contributed by atoms with Crippen molar-refractivity contribution < 1.29 is 4.74 Å². The molecule has 16 heavy (non-hydrogen) atoms. The van der Waals surface area contributed by atoms with Crippen LogP contribution in [0.1, 0.15) is 24.0 Å². The van der Waals surface area contributed by atoms with Crippen molar-refractivity contribution in [2.75, 3.05) is 13.2 Å². The summed E-state index contributed by atoms with van der Waals surface area (Å²) in [7, 11) is 0. The molecule has 0 saturated carbocycles. The average molecular weight is 237 g/mol. The van der Waals surface area contributed by atoms with E-state index in [9.17, 15) is 0 Å². The second kappa shape index (κ2) is 5.71. The Kier molecular flexibility index (Phi) is 4.27. The summed E-state index contributed by atoms with van der Waals surface area (Å²) in [5.74, 6) is 0. The summed E-state index contributed by atoms with van der Waals surface area (Å²) in [5, 5.41) is 0.719. The summed E-state index contributed by atoms with van der Waals surface area (Å²) in [4.78, 5) is 1.36. The van der Waals surface area contributed by atoms with Gasteiger partial charge in [-0.05, 0) is 43.0 Å². The van der Waals surface area contributed by atoms with Crippen molar-refractivity contribution in [3.63, 3.8) is 0 Å². The van der Waals surface area contributed by atoms with Gasteiger partial charge in [0.05, 0.1) is 0 Å². The van der Waals surface area contributed by atoms with Gasteiger partial charge in [0.15, 0.2) is 0 Å². The van der Waals surface area contributed by atoms with Gasteiger partial charge in [-0.15, -0.1) is 11.8 Å². The topological polar surface area (TPSA) is 35.2 Å². The molecule has 0 amide bonds. The molecular weight excluding hydrogens is 218 g/mol. The fraction of sp³-hybridized carbons (Fsp3) is 0.538. The van der Waals surface area contributed by atoms with Gasteiger partial charge in [0.25, 0.3) is 0 Å². The van der Waals surface area contributed by atoms with E-state index in [2.05, 4.69) is 25.1 Å². The van der Waals surface area contributed by atoms with E-state index in [0.29, 0.717) is 6.54 Å². The van der Waals surface area contributed by atoms with Crippen molar-refractivity contribution in [2.45, 2.75) is 36.5 Å². The van der Waals surface area contributed by atoms with Gasteiger partial charge in [-0.1, -0.05) is 6.07 Å². The molecule has 0 atom stereocenters. The molecule has 0 unspecified atom stereocenters. The highest BCUT2D eigenvalue weighted by Crippen LogP contribution is 2.30. The Bertz CT molecular complexity index is 348. The lowest BCUT2D eigenvalue weighted by molar-refractivity contribution is 0.100. The molecule has 1 aromatic rings. The molecule has 2 rings (SSSR count). The van der Waals surface area contributed by atoms with Crippen molar-refractivity contribution >= 4 is 11.8 Å². The Morgan fingerprint density at radius 2 is 2.12 bits per heavy atom. The first-order valence-corrected chi connectivity index (χ1v) is 6.71. The summed E-state index contributed by atoms with van der Waals surface area (Å²) in [6.07, 6.45) is 2.34. The summed E-state index contributed by atoms with van der Waals surface area (Å²) in [5.41, 5.74) is 8.21. The fourth-order valence-corrected chi connectivity index (χ4v) is 3.16. The van der Waals surface area contributed by atoms with E-state index in [-0.39, 0.29) is 0 Å². The van der Waals surface area contributed by atoms with Crippen LogP contribution < -0.4 is 5.73 Å². The van der Waals surface area contributed by atoms with Gasteiger partial charge in [-0.25, -0.2) is 0 Å². The van der Waals surface area contributed by atoms with E-state index in [1.54, 1.807) is 0 Å². The first kappa shape index (κ1) is 12.0. The molecule has 2 N–H and O–H groups in total. The molecule has 0 aromatic heterocycles. The second-order valence-electron chi connectivity index (χ2n) is 4.22. The van der Waals surface area contributed by atoms with Crippen LogP contribution in [0.3, 0.4) is 0 Å². The highest BCUT2D eigenvalue weighted by molar-refractivity contribution is 8.00. The van der Waals surface area contributed by atoms with Gasteiger partial charge in [-0.3, -0.25) is 0 Å². The summed E-state index contributed by atoms with van der Waals surface area (Å²) in [6, 6.07) is 6.59. The lowest BCUT2D eigenvalue weighted by Crippen LogP contribution is -2.17. The number of benzene rings is 1. The Balaban J connectivity index is 2.01. The van der Waals surface area contributed by atoms with Gasteiger partial charge >= 0.3 is 0 Å². The largest absolute Gasteiger partial charge is 0.381 e. The molecule has 1 aliphatic heterocycles. The molecule has 3 heteroatoms. The van der Waals surface area contributed by atoms with Crippen molar-refractivity contribution in [1.82, 2.24) is 0 Å². The minimum Gasteiger partial charge on any atom is -0.381 e. The quantitative estimate of drug-likeness (QED) is 0.878. The number of aryl methyl sites for hydroxylation is 1. The minimum absolute atomic E-state index is 0.633. The van der Waals surface area contributed by atoms with E-state index >= 15 is 0 Å². The smallest absolute Gasteiger partial charge is 0.0476 e. The molecule has 1 saturated heterocycles. The van der Waals surface area contributed by atoms with Gasteiger partial charge in [0.2, 0.25) is 0 Å². The van der Waals surface area contributed by atoms with E-state index in [4.69, 9.17) is 10.5 Å². The normalized spacial score (nSPS) is 17.6. The molecule has 1 heterocycles. The predicted molar refractivity (Wildman–Crippen MR) is 68.8 cm³/mol. The zero-order valence-electron chi connectivity index (χ0n) is 9.74. The highest BCUT2D eigenvalue weighted by atomic mass is 32.2. The zero-order valence-corrected chi connectivity index (χ0v) is 10.6. The van der Waals surface area contributed by atoms with Crippen LogP contribution in [0.4, 0.5) is 0 Å². The number of rotatable bonds is 3. The molecule has 1 aromatic carbocycles. The van der Waals surface area contributed by atoms with Crippen molar-refractivity contribution in [1.29, 1.82) is 0 Å². The molecule has 0 bridgehead atoms. The maximum Gasteiger partial charge on any atom is 0.0476 e. The minimum atomic E-state index is 0.633. The second-order valence-corrected chi connectivity index (χ2v) is 5.60. The fourth-order valence-electron chi connectivity index (χ4n) is 1.96. The van der Waals surface area contributed by atoms with E-state index < -0.39 is 0 Å². The Morgan fingerprint density at radius 1 is 1.38 bits per heavy atom. The van der Waals surface area contributed by atoms with Crippen molar-refractivity contribution in [2.24, 2.45) is 5.73 Å². The van der Waals surface area contributed by atoms with Crippen LogP contribution in [0.2, 0.25) is 0 Å². The molecule has 0 spiro atoms. The number of ether oxygens (including phenoxy) is 1. The van der Waals surface area contributed by atoms with Crippen LogP contribution in [0.5, 0.6) is 0 Å². The van der Waals surface area contributed by atoms with Crippen LogP contribution in [-0.2, 0) is 11.3 Å². The number of thioether (sulfide) groups is 1. The highest BCUT2D eigenvalue weighted by Gasteiger charge is 2.15. The summed E-state index contributed by atoms with van der Waals surface area (Å²) >= 11 is 1.98. The molecule has 1 fully saturated rings. The third-order valence-corrected chi connectivity index (χ3v) is 4.34. The molecule has 2 nitrogen and oxygen atoms in total. The lowest BCUT2D eigenvalue weighted by Gasteiger charge is -2.21. The summed E-state index contributed by atoms with van der Waals surface area (Å²) < 4.78 is 5.37. The molecular formula is C13H19NOS. The van der Waals surface area contributed by atoms with Crippen LogP contribution in [0.15, 0.2) is 23.1 Å². The lowest BCUT2D eigenvalue weighted by atomic mass is 10.1. The number of nitrogens with two attached hydrogens (primary N) is 1. The average Bonchev–Trinajstić information content (AvgIpc) is 2.31. The third kappa shape index (κ3) is 3.00. The van der Waals surface area contributed by atoms with Crippen molar-refractivity contribution in [3.8, 4) is 0 Å². The maximum atomic E-state index is 5.66. The zero-order chi connectivity index (χ0) is 11.4. The van der Waals surface area contributed by atoms with Gasteiger partial charge in [-0.2, -0.15) is 0 Å². The van der Waals surface area contributed by atoms with Crippen molar-refractivity contribution in [3.05, 3.63) is 29.3 Å². The number of hydrogen-bond donors (Lipinski definition) is 1. The SMILES string of the molecule is Cc1cc(SC2CCOCC2)ccc1CN. The van der Waals surface area contributed by atoms with Crippen LogP contribution in [0.25, 0.3) is 0 Å². The molecule has 1 aliphatic rings. The molecule has 88 valence electrons. The summed E-state index contributed by atoms with van der Waals surface area (Å²) in [6.45, 7) is 4.60. The maximum absolute atomic E-state index is 5.66. The van der Waals surface area contributed by atoms with E-state index in [0.717, 1.165) is 18.5 Å². The first-order chi connectivity index (χ1) is 7.79. The number of hydrogen-bond acceptors (Lipinski definition) is 3. The molecule has 0 radical (unpaired) electrons. The Labute approximate surface area is 102 Å². The van der Waals surface area contributed by atoms with E-state index in [1.165, 1.54) is 28.9 Å². The molecule has 0 aliphatic carbocycles. The van der Waals surface area contributed by atoms with E-state index in [1.807, 2.05) is 11.8 Å². The van der Waals surface area contributed by atoms with Gasteiger partial charge < -0.3 is 10.5 Å².